The van der Waals surface area contributed by atoms with Gasteiger partial charge in [-0.1, -0.05) is 6.92 Å². The quantitative estimate of drug-likeness (QED) is 0.922. The van der Waals surface area contributed by atoms with Crippen LogP contribution in [0.4, 0.5) is 5.69 Å². The molecule has 2 heterocycles. The lowest BCUT2D eigenvalue weighted by atomic mass is 10.2. The van der Waals surface area contributed by atoms with Crippen molar-refractivity contribution in [1.29, 1.82) is 0 Å². The predicted molar refractivity (Wildman–Crippen MR) is 75.9 cm³/mol. The molecule has 0 aliphatic carbocycles. The lowest BCUT2D eigenvalue weighted by molar-refractivity contribution is 0.0770. The number of nitrogen functional groups attached to an aromatic ring is 1. The van der Waals surface area contributed by atoms with Crippen LogP contribution in [0.15, 0.2) is 18.5 Å². The third kappa shape index (κ3) is 2.18. The van der Waals surface area contributed by atoms with Crippen LogP contribution >= 0.6 is 11.3 Å². The summed E-state index contributed by atoms with van der Waals surface area (Å²) in [6, 6.07) is 1.86. The fourth-order valence-corrected chi connectivity index (χ4v) is 3.00. The number of carbonyl (C=O) groups is 1. The van der Waals surface area contributed by atoms with Crippen LogP contribution in [-0.4, -0.2) is 28.9 Å². The minimum absolute atomic E-state index is 0.0260. The van der Waals surface area contributed by atoms with Crippen molar-refractivity contribution < 1.29 is 4.79 Å². The van der Waals surface area contributed by atoms with Crippen LogP contribution in [0.1, 0.15) is 29.9 Å². The van der Waals surface area contributed by atoms with Gasteiger partial charge in [0, 0.05) is 30.9 Å². The number of hydrogen-bond acceptors (Lipinski definition) is 4. The Morgan fingerprint density at radius 1 is 1.50 bits per heavy atom. The van der Waals surface area contributed by atoms with Crippen molar-refractivity contribution in [3.05, 3.63) is 23.3 Å². The van der Waals surface area contributed by atoms with E-state index >= 15 is 0 Å². The summed E-state index contributed by atoms with van der Waals surface area (Å²) in [5.74, 6) is 0.0260. The topological polar surface area (TPSA) is 59.2 Å². The molecule has 0 spiro atoms. The largest absolute Gasteiger partial charge is 0.397 e. The maximum absolute atomic E-state index is 12.4. The van der Waals surface area contributed by atoms with Crippen molar-refractivity contribution in [2.45, 2.75) is 20.3 Å². The molecule has 18 heavy (non-hydrogen) atoms. The van der Waals surface area contributed by atoms with Gasteiger partial charge in [-0.2, -0.15) is 0 Å². The molecule has 0 radical (unpaired) electrons. The Bertz CT molecular complexity index is 564. The summed E-state index contributed by atoms with van der Waals surface area (Å²) in [6.45, 7) is 5.52. The van der Waals surface area contributed by atoms with Gasteiger partial charge in [-0.05, 0) is 19.4 Å². The highest BCUT2D eigenvalue weighted by Crippen LogP contribution is 2.33. The van der Waals surface area contributed by atoms with Crippen molar-refractivity contribution >= 4 is 33.0 Å². The van der Waals surface area contributed by atoms with Gasteiger partial charge in [-0.25, -0.2) is 0 Å². The molecule has 0 aliphatic heterocycles. The fraction of sp³-hybridized carbons (Fsp3) is 0.385. The van der Waals surface area contributed by atoms with Crippen molar-refractivity contribution in [3.63, 3.8) is 0 Å². The number of nitrogens with two attached hydrogens (primary N) is 1. The number of pyridine rings is 1. The molecule has 5 heteroatoms. The third-order valence-corrected chi connectivity index (χ3v) is 4.03. The molecule has 0 aliphatic rings. The average Bonchev–Trinajstić information content (AvgIpc) is 2.73. The molecule has 0 bridgehead atoms. The smallest absolute Gasteiger partial charge is 0.266 e. The zero-order valence-electron chi connectivity index (χ0n) is 10.6. The monoisotopic (exact) mass is 263 g/mol. The Kier molecular flexibility index (Phi) is 3.81. The minimum atomic E-state index is 0.0260. The Balaban J connectivity index is 2.41. The summed E-state index contributed by atoms with van der Waals surface area (Å²) >= 11 is 1.42. The summed E-state index contributed by atoms with van der Waals surface area (Å²) in [5.41, 5.74) is 6.64. The molecule has 2 N–H and O–H groups in total. The average molecular weight is 263 g/mol. The van der Waals surface area contributed by atoms with Crippen LogP contribution in [0.25, 0.3) is 10.1 Å². The highest BCUT2D eigenvalue weighted by atomic mass is 32.1. The minimum Gasteiger partial charge on any atom is -0.397 e. The van der Waals surface area contributed by atoms with E-state index in [0.717, 1.165) is 23.1 Å². The maximum atomic E-state index is 12.4. The number of aromatic nitrogens is 1. The normalized spacial score (nSPS) is 10.8. The van der Waals surface area contributed by atoms with Crippen molar-refractivity contribution in [2.24, 2.45) is 0 Å². The van der Waals surface area contributed by atoms with Crippen LogP contribution in [0.2, 0.25) is 0 Å². The zero-order chi connectivity index (χ0) is 13.1. The fourth-order valence-electron chi connectivity index (χ4n) is 1.95. The van der Waals surface area contributed by atoms with Crippen LogP contribution in [0.3, 0.4) is 0 Å². The number of thiophene rings is 1. The van der Waals surface area contributed by atoms with E-state index in [1.54, 1.807) is 12.4 Å². The number of rotatable bonds is 4. The SMILES string of the molecule is CCCN(CC)C(=O)c1sc2cnccc2c1N. The second-order valence-electron chi connectivity index (χ2n) is 4.10. The van der Waals surface area contributed by atoms with Crippen molar-refractivity contribution in [1.82, 2.24) is 9.88 Å². The molecule has 0 atom stereocenters. The molecule has 2 rings (SSSR count). The highest BCUT2D eigenvalue weighted by Gasteiger charge is 2.20. The Labute approximate surface area is 110 Å². The molecule has 0 saturated carbocycles. The second-order valence-corrected chi connectivity index (χ2v) is 5.15. The van der Waals surface area contributed by atoms with Crippen molar-refractivity contribution in [3.8, 4) is 0 Å². The van der Waals surface area contributed by atoms with E-state index in [4.69, 9.17) is 5.73 Å². The van der Waals surface area contributed by atoms with Crippen LogP contribution in [-0.2, 0) is 0 Å². The van der Waals surface area contributed by atoms with E-state index in [-0.39, 0.29) is 5.91 Å². The van der Waals surface area contributed by atoms with E-state index in [0.29, 0.717) is 17.1 Å². The summed E-state index contributed by atoms with van der Waals surface area (Å²) in [6.07, 6.45) is 4.40. The van der Waals surface area contributed by atoms with Gasteiger partial charge in [0.1, 0.15) is 4.88 Å². The van der Waals surface area contributed by atoms with Crippen molar-refractivity contribution in [2.75, 3.05) is 18.8 Å². The van der Waals surface area contributed by atoms with Gasteiger partial charge < -0.3 is 10.6 Å². The second kappa shape index (κ2) is 5.35. The van der Waals surface area contributed by atoms with E-state index in [9.17, 15) is 4.79 Å². The zero-order valence-corrected chi connectivity index (χ0v) is 11.5. The molecule has 0 unspecified atom stereocenters. The number of amides is 1. The van der Waals surface area contributed by atoms with Crippen LogP contribution in [0.5, 0.6) is 0 Å². The van der Waals surface area contributed by atoms with Gasteiger partial charge >= 0.3 is 0 Å². The summed E-state index contributed by atoms with van der Waals surface area (Å²) < 4.78 is 0.964. The van der Waals surface area contributed by atoms with E-state index in [2.05, 4.69) is 11.9 Å². The molecule has 0 aromatic carbocycles. The lowest BCUT2D eigenvalue weighted by Crippen LogP contribution is -2.31. The Hall–Kier alpha value is -1.62. The predicted octanol–water partition coefficient (Wildman–Crippen LogP) is 2.75. The van der Waals surface area contributed by atoms with Crippen LogP contribution in [0, 0.1) is 0 Å². The summed E-state index contributed by atoms with van der Waals surface area (Å²) in [7, 11) is 0. The summed E-state index contributed by atoms with van der Waals surface area (Å²) in [4.78, 5) is 18.9. The number of fused-ring (bicyclic) bond motifs is 1. The van der Waals surface area contributed by atoms with E-state index in [1.807, 2.05) is 17.9 Å². The third-order valence-electron chi connectivity index (χ3n) is 2.89. The molecule has 2 aromatic rings. The molecule has 4 nitrogen and oxygen atoms in total. The van der Waals surface area contributed by atoms with Gasteiger partial charge in [-0.15, -0.1) is 11.3 Å². The molecule has 0 saturated heterocycles. The number of anilines is 1. The molecular formula is C13H17N3OS. The number of hydrogen-bond donors (Lipinski definition) is 1. The molecule has 96 valence electrons. The molecule has 1 amide bonds. The summed E-state index contributed by atoms with van der Waals surface area (Å²) in [5, 5.41) is 0.922. The highest BCUT2D eigenvalue weighted by molar-refractivity contribution is 7.21. The lowest BCUT2D eigenvalue weighted by Gasteiger charge is -2.19. The first-order valence-corrected chi connectivity index (χ1v) is 6.91. The van der Waals surface area contributed by atoms with Gasteiger partial charge in [0.15, 0.2) is 0 Å². The van der Waals surface area contributed by atoms with E-state index in [1.165, 1.54) is 11.3 Å². The molecular weight excluding hydrogens is 246 g/mol. The molecule has 2 aromatic heterocycles. The van der Waals surface area contributed by atoms with Gasteiger partial charge in [0.05, 0.1) is 10.4 Å². The maximum Gasteiger partial charge on any atom is 0.266 e. The first-order valence-electron chi connectivity index (χ1n) is 6.10. The first kappa shape index (κ1) is 12.8. The Morgan fingerprint density at radius 3 is 2.89 bits per heavy atom. The number of carbonyl (C=O) groups excluding carboxylic acids is 1. The Morgan fingerprint density at radius 2 is 2.28 bits per heavy atom. The number of nitrogens with zero attached hydrogens (tertiary/aromatic N) is 2. The van der Waals surface area contributed by atoms with E-state index < -0.39 is 0 Å². The standard InChI is InChI=1S/C13H17N3OS/c1-3-7-16(4-2)13(17)12-11(14)9-5-6-15-8-10(9)18-12/h5-6,8H,3-4,7,14H2,1-2H3. The van der Waals surface area contributed by atoms with Gasteiger partial charge in [-0.3, -0.25) is 9.78 Å². The first-order chi connectivity index (χ1) is 8.69. The van der Waals surface area contributed by atoms with Gasteiger partial charge in [0.2, 0.25) is 0 Å². The van der Waals surface area contributed by atoms with Crippen LogP contribution < -0.4 is 5.73 Å². The van der Waals surface area contributed by atoms with Gasteiger partial charge in [0.25, 0.3) is 5.91 Å². The molecule has 0 fully saturated rings.